The molecule has 0 spiro atoms. The molecule has 0 radical (unpaired) electrons. The van der Waals surface area contributed by atoms with Crippen LogP contribution in [-0.2, 0) is 0 Å². The van der Waals surface area contributed by atoms with Crippen molar-refractivity contribution in [2.45, 2.75) is 0 Å². The monoisotopic (exact) mass is 367 g/mol. The van der Waals surface area contributed by atoms with Gasteiger partial charge in [0.25, 0.3) is 5.69 Å². The molecule has 0 amide bonds. The lowest BCUT2D eigenvalue weighted by molar-refractivity contribution is -0.384. The van der Waals surface area contributed by atoms with Crippen molar-refractivity contribution in [3.63, 3.8) is 0 Å². The highest BCUT2D eigenvalue weighted by Gasteiger charge is 2.20. The van der Waals surface area contributed by atoms with Crippen LogP contribution >= 0.6 is 15.9 Å². The second kappa shape index (κ2) is 6.65. The molecule has 0 aromatic heterocycles. The summed E-state index contributed by atoms with van der Waals surface area (Å²) in [6.45, 7) is 0. The van der Waals surface area contributed by atoms with E-state index >= 15 is 0 Å². The predicted molar refractivity (Wildman–Crippen MR) is 85.9 cm³/mol. The van der Waals surface area contributed by atoms with Gasteiger partial charge in [-0.1, -0.05) is 12.1 Å². The maximum absolute atomic E-state index is 10.9. The summed E-state index contributed by atoms with van der Waals surface area (Å²) in [5.74, 6) is 1.39. The lowest BCUT2D eigenvalue weighted by atomic mass is 10.0. The molecular weight excluding hydrogens is 354 g/mol. The Balaban J connectivity index is 2.70. The third kappa shape index (κ3) is 2.85. The molecule has 0 saturated heterocycles. The summed E-state index contributed by atoms with van der Waals surface area (Å²) in [6, 6.07) is 8.08. The lowest BCUT2D eigenvalue weighted by Gasteiger charge is -2.16. The van der Waals surface area contributed by atoms with Gasteiger partial charge >= 0.3 is 0 Å². The Labute approximate surface area is 135 Å². The standard InChI is InChI=1S/C15H14BrNO5/c1-20-12-8-11(13(16)15(22-3)14(12)21-2)9-5-4-6-10(7-9)17(18)19/h4-8H,1-3H3. The third-order valence-corrected chi connectivity index (χ3v) is 3.92. The normalized spacial score (nSPS) is 10.2. The number of nitro benzene ring substituents is 1. The van der Waals surface area contributed by atoms with Crippen LogP contribution in [-0.4, -0.2) is 26.3 Å². The topological polar surface area (TPSA) is 70.8 Å². The van der Waals surface area contributed by atoms with Crippen LogP contribution in [0.2, 0.25) is 0 Å². The van der Waals surface area contributed by atoms with E-state index in [1.165, 1.54) is 33.5 Å². The molecule has 0 N–H and O–H groups in total. The first-order valence-corrected chi connectivity index (χ1v) is 7.06. The van der Waals surface area contributed by atoms with Gasteiger partial charge in [-0.25, -0.2) is 0 Å². The summed E-state index contributed by atoms with van der Waals surface area (Å²) in [4.78, 5) is 10.5. The highest BCUT2D eigenvalue weighted by Crippen LogP contribution is 2.48. The van der Waals surface area contributed by atoms with Crippen molar-refractivity contribution < 1.29 is 19.1 Å². The van der Waals surface area contributed by atoms with Crippen LogP contribution in [0.15, 0.2) is 34.8 Å². The summed E-state index contributed by atoms with van der Waals surface area (Å²) >= 11 is 3.46. The molecule has 0 unspecified atom stereocenters. The van der Waals surface area contributed by atoms with Crippen LogP contribution in [0, 0.1) is 10.1 Å². The number of halogens is 1. The van der Waals surface area contributed by atoms with Crippen molar-refractivity contribution in [1.82, 2.24) is 0 Å². The van der Waals surface area contributed by atoms with E-state index in [1.54, 1.807) is 18.2 Å². The van der Waals surface area contributed by atoms with Gasteiger partial charge in [0, 0.05) is 17.7 Å². The molecule has 2 aromatic carbocycles. The second-order valence-electron chi connectivity index (χ2n) is 4.31. The van der Waals surface area contributed by atoms with Crippen molar-refractivity contribution in [3.05, 3.63) is 44.9 Å². The Morgan fingerprint density at radius 2 is 1.73 bits per heavy atom. The van der Waals surface area contributed by atoms with Crippen LogP contribution in [0.25, 0.3) is 11.1 Å². The van der Waals surface area contributed by atoms with Crippen molar-refractivity contribution in [2.75, 3.05) is 21.3 Å². The minimum Gasteiger partial charge on any atom is -0.493 e. The van der Waals surface area contributed by atoms with E-state index in [9.17, 15) is 10.1 Å². The number of hydrogen-bond donors (Lipinski definition) is 0. The maximum atomic E-state index is 10.9. The zero-order valence-electron chi connectivity index (χ0n) is 12.3. The molecular formula is C15H14BrNO5. The van der Waals surface area contributed by atoms with Gasteiger partial charge in [-0.15, -0.1) is 0 Å². The Morgan fingerprint density at radius 3 is 2.27 bits per heavy atom. The Morgan fingerprint density at radius 1 is 1.05 bits per heavy atom. The molecule has 22 heavy (non-hydrogen) atoms. The summed E-state index contributed by atoms with van der Waals surface area (Å²) in [5.41, 5.74) is 1.39. The van der Waals surface area contributed by atoms with Crippen LogP contribution < -0.4 is 14.2 Å². The van der Waals surface area contributed by atoms with Crippen molar-refractivity contribution in [2.24, 2.45) is 0 Å². The summed E-state index contributed by atoms with van der Waals surface area (Å²) in [6.07, 6.45) is 0. The van der Waals surface area contributed by atoms with Crippen LogP contribution in [0.3, 0.4) is 0 Å². The molecule has 0 fully saturated rings. The predicted octanol–water partition coefficient (Wildman–Crippen LogP) is 4.05. The fraction of sp³-hybridized carbons (Fsp3) is 0.200. The number of nitrogens with zero attached hydrogens (tertiary/aromatic N) is 1. The van der Waals surface area contributed by atoms with Crippen LogP contribution in [0.1, 0.15) is 0 Å². The molecule has 0 heterocycles. The maximum Gasteiger partial charge on any atom is 0.270 e. The highest BCUT2D eigenvalue weighted by molar-refractivity contribution is 9.10. The minimum atomic E-state index is -0.435. The Kier molecular flexibility index (Phi) is 4.87. The van der Waals surface area contributed by atoms with E-state index in [1.807, 2.05) is 0 Å². The molecule has 2 aromatic rings. The first-order chi connectivity index (χ1) is 10.5. The van der Waals surface area contributed by atoms with E-state index < -0.39 is 4.92 Å². The molecule has 6 nitrogen and oxygen atoms in total. The molecule has 0 aliphatic rings. The fourth-order valence-electron chi connectivity index (χ4n) is 2.12. The van der Waals surface area contributed by atoms with Crippen LogP contribution in [0.4, 0.5) is 5.69 Å². The van der Waals surface area contributed by atoms with E-state index in [0.717, 1.165) is 0 Å². The lowest BCUT2D eigenvalue weighted by Crippen LogP contribution is -1.97. The number of benzene rings is 2. The van der Waals surface area contributed by atoms with Gasteiger partial charge in [-0.2, -0.15) is 0 Å². The van der Waals surface area contributed by atoms with Gasteiger partial charge in [-0.05, 0) is 27.6 Å². The third-order valence-electron chi connectivity index (χ3n) is 3.14. The summed E-state index contributed by atoms with van der Waals surface area (Å²) < 4.78 is 16.6. The first-order valence-electron chi connectivity index (χ1n) is 6.26. The molecule has 0 saturated carbocycles. The molecule has 2 rings (SSSR count). The molecule has 0 atom stereocenters. The number of hydrogen-bond acceptors (Lipinski definition) is 5. The molecule has 0 aliphatic carbocycles. The largest absolute Gasteiger partial charge is 0.493 e. The second-order valence-corrected chi connectivity index (χ2v) is 5.11. The minimum absolute atomic E-state index is 0.0122. The number of rotatable bonds is 5. The Bertz CT molecular complexity index is 717. The van der Waals surface area contributed by atoms with Gasteiger partial charge in [0.15, 0.2) is 11.5 Å². The van der Waals surface area contributed by atoms with Gasteiger partial charge < -0.3 is 14.2 Å². The zero-order valence-corrected chi connectivity index (χ0v) is 13.8. The van der Waals surface area contributed by atoms with Crippen LogP contribution in [0.5, 0.6) is 17.2 Å². The number of ether oxygens (including phenoxy) is 3. The van der Waals surface area contributed by atoms with E-state index in [-0.39, 0.29) is 5.69 Å². The summed E-state index contributed by atoms with van der Waals surface area (Å²) in [7, 11) is 4.54. The highest BCUT2D eigenvalue weighted by atomic mass is 79.9. The quantitative estimate of drug-likeness (QED) is 0.588. The van der Waals surface area contributed by atoms with E-state index in [4.69, 9.17) is 14.2 Å². The number of nitro groups is 1. The molecule has 0 aliphatic heterocycles. The smallest absolute Gasteiger partial charge is 0.270 e. The van der Waals surface area contributed by atoms with Gasteiger partial charge in [0.2, 0.25) is 5.75 Å². The van der Waals surface area contributed by atoms with Gasteiger partial charge in [0.1, 0.15) is 0 Å². The summed E-state index contributed by atoms with van der Waals surface area (Å²) in [5, 5.41) is 10.9. The van der Waals surface area contributed by atoms with Gasteiger partial charge in [0.05, 0.1) is 30.7 Å². The SMILES string of the molecule is COc1cc(-c2cccc([N+](=O)[O-])c2)c(Br)c(OC)c1OC. The van der Waals surface area contributed by atoms with E-state index in [0.29, 0.717) is 32.8 Å². The van der Waals surface area contributed by atoms with Gasteiger partial charge in [-0.3, -0.25) is 10.1 Å². The molecule has 0 bridgehead atoms. The Hall–Kier alpha value is -2.28. The first kappa shape index (κ1) is 16.1. The zero-order chi connectivity index (χ0) is 16.3. The van der Waals surface area contributed by atoms with Crippen molar-refractivity contribution in [1.29, 1.82) is 0 Å². The molecule has 116 valence electrons. The number of methoxy groups -OCH3 is 3. The van der Waals surface area contributed by atoms with E-state index in [2.05, 4.69) is 15.9 Å². The average molecular weight is 368 g/mol. The molecule has 7 heteroatoms. The number of non-ortho nitro benzene ring substituents is 1. The fourth-order valence-corrected chi connectivity index (χ4v) is 2.80. The average Bonchev–Trinajstić information content (AvgIpc) is 2.54. The van der Waals surface area contributed by atoms with Crippen molar-refractivity contribution in [3.8, 4) is 28.4 Å². The van der Waals surface area contributed by atoms with Crippen molar-refractivity contribution >= 4 is 21.6 Å².